The Hall–Kier alpha value is -0.320. The van der Waals surface area contributed by atoms with Crippen molar-refractivity contribution in [2.24, 2.45) is 5.73 Å². The highest BCUT2D eigenvalue weighted by Crippen LogP contribution is 2.40. The van der Waals surface area contributed by atoms with Crippen molar-refractivity contribution in [3.05, 3.63) is 35.9 Å². The summed E-state index contributed by atoms with van der Waals surface area (Å²) in [6.45, 7) is 5.70. The third-order valence-electron chi connectivity index (χ3n) is 5.74. The first-order valence-corrected chi connectivity index (χ1v) is 8.42. The molecule has 0 amide bonds. The van der Waals surface area contributed by atoms with E-state index in [1.54, 1.807) is 0 Å². The predicted octanol–water partition coefficient (Wildman–Crippen LogP) is 2.92. The highest BCUT2D eigenvalue weighted by molar-refractivity contribution is 5.85. The number of likely N-dealkylation sites (N-methyl/N-ethyl adjacent to an activating group) is 1. The molecule has 132 valence electrons. The van der Waals surface area contributed by atoms with Crippen molar-refractivity contribution < 1.29 is 0 Å². The SMILES string of the molecule is CN1CCN(C2CCC(CN)(c3ccccc3)CC2)CC1.Cl.Cl. The summed E-state index contributed by atoms with van der Waals surface area (Å²) in [6.07, 6.45) is 5.08. The Morgan fingerprint density at radius 3 is 2.09 bits per heavy atom. The molecule has 0 aromatic heterocycles. The smallest absolute Gasteiger partial charge is 0.0113 e. The van der Waals surface area contributed by atoms with Gasteiger partial charge in [-0.2, -0.15) is 0 Å². The highest BCUT2D eigenvalue weighted by atomic mass is 35.5. The first-order valence-electron chi connectivity index (χ1n) is 8.42. The molecule has 23 heavy (non-hydrogen) atoms. The van der Waals surface area contributed by atoms with Crippen LogP contribution in [0.4, 0.5) is 0 Å². The molecule has 0 spiro atoms. The van der Waals surface area contributed by atoms with Gasteiger partial charge in [-0.25, -0.2) is 0 Å². The van der Waals surface area contributed by atoms with Crippen LogP contribution in [0.25, 0.3) is 0 Å². The molecule has 1 aliphatic heterocycles. The molecule has 2 fully saturated rings. The maximum absolute atomic E-state index is 6.19. The molecule has 2 aliphatic rings. The van der Waals surface area contributed by atoms with E-state index in [0.29, 0.717) is 0 Å². The second kappa shape index (κ2) is 9.24. The molecule has 0 radical (unpaired) electrons. The fraction of sp³-hybridized carbons (Fsp3) is 0.667. The molecular weight excluding hydrogens is 329 g/mol. The molecule has 0 atom stereocenters. The second-order valence-electron chi connectivity index (χ2n) is 6.92. The van der Waals surface area contributed by atoms with E-state index in [2.05, 4.69) is 47.2 Å². The van der Waals surface area contributed by atoms with Crippen molar-refractivity contribution in [2.75, 3.05) is 39.8 Å². The summed E-state index contributed by atoms with van der Waals surface area (Å²) in [6, 6.07) is 11.7. The minimum atomic E-state index is 0. The molecular formula is C18H31Cl2N3. The third kappa shape index (κ3) is 4.61. The molecule has 1 saturated heterocycles. The Kier molecular flexibility index (Phi) is 8.32. The van der Waals surface area contributed by atoms with Gasteiger partial charge in [0.2, 0.25) is 0 Å². The van der Waals surface area contributed by atoms with E-state index in [9.17, 15) is 0 Å². The minimum Gasteiger partial charge on any atom is -0.330 e. The Balaban J connectivity index is 0.00000132. The van der Waals surface area contributed by atoms with Crippen LogP contribution in [0.1, 0.15) is 31.2 Å². The van der Waals surface area contributed by atoms with E-state index in [4.69, 9.17) is 5.73 Å². The first kappa shape index (κ1) is 20.7. The number of hydrogen-bond donors (Lipinski definition) is 1. The quantitative estimate of drug-likeness (QED) is 0.900. The number of piperazine rings is 1. The fourth-order valence-corrected chi connectivity index (χ4v) is 4.11. The molecule has 1 aromatic rings. The largest absolute Gasteiger partial charge is 0.330 e. The van der Waals surface area contributed by atoms with E-state index in [-0.39, 0.29) is 30.2 Å². The molecule has 3 nitrogen and oxygen atoms in total. The Labute approximate surface area is 153 Å². The van der Waals surface area contributed by atoms with Crippen molar-refractivity contribution in [2.45, 2.75) is 37.1 Å². The molecule has 3 rings (SSSR count). The number of hydrogen-bond acceptors (Lipinski definition) is 3. The molecule has 1 saturated carbocycles. The van der Waals surface area contributed by atoms with Crippen molar-refractivity contribution in [3.63, 3.8) is 0 Å². The van der Waals surface area contributed by atoms with Gasteiger partial charge in [0, 0.05) is 44.2 Å². The second-order valence-corrected chi connectivity index (χ2v) is 6.92. The van der Waals surface area contributed by atoms with E-state index < -0.39 is 0 Å². The standard InChI is InChI=1S/C18H29N3.2ClH/c1-20-11-13-21(14-12-20)17-7-9-18(15-19,10-8-17)16-5-3-2-4-6-16;;/h2-6,17H,7-15,19H2,1H3;2*1H. The summed E-state index contributed by atoms with van der Waals surface area (Å²) in [4.78, 5) is 5.15. The summed E-state index contributed by atoms with van der Waals surface area (Å²) in [5, 5.41) is 0. The van der Waals surface area contributed by atoms with Crippen LogP contribution in [0.5, 0.6) is 0 Å². The lowest BCUT2D eigenvalue weighted by Crippen LogP contribution is -2.52. The van der Waals surface area contributed by atoms with Gasteiger partial charge < -0.3 is 10.6 Å². The summed E-state index contributed by atoms with van der Waals surface area (Å²) >= 11 is 0. The Bertz CT molecular complexity index is 439. The zero-order chi connectivity index (χ0) is 14.7. The van der Waals surface area contributed by atoms with Crippen LogP contribution in [0.3, 0.4) is 0 Å². The van der Waals surface area contributed by atoms with Gasteiger partial charge >= 0.3 is 0 Å². The van der Waals surface area contributed by atoms with E-state index in [1.807, 2.05) is 0 Å². The fourth-order valence-electron chi connectivity index (χ4n) is 4.11. The summed E-state index contributed by atoms with van der Waals surface area (Å²) in [7, 11) is 2.23. The maximum Gasteiger partial charge on any atom is 0.0113 e. The zero-order valence-electron chi connectivity index (χ0n) is 14.1. The van der Waals surface area contributed by atoms with Crippen molar-refractivity contribution >= 4 is 24.8 Å². The van der Waals surface area contributed by atoms with Crippen molar-refractivity contribution in [1.29, 1.82) is 0 Å². The summed E-state index contributed by atoms with van der Waals surface area (Å²) in [5.41, 5.74) is 7.87. The summed E-state index contributed by atoms with van der Waals surface area (Å²) < 4.78 is 0. The van der Waals surface area contributed by atoms with Gasteiger partial charge in [0.1, 0.15) is 0 Å². The highest BCUT2D eigenvalue weighted by Gasteiger charge is 2.37. The monoisotopic (exact) mass is 359 g/mol. The van der Waals surface area contributed by atoms with Crippen LogP contribution in [0.15, 0.2) is 30.3 Å². The summed E-state index contributed by atoms with van der Waals surface area (Å²) in [5.74, 6) is 0. The minimum absolute atomic E-state index is 0. The topological polar surface area (TPSA) is 32.5 Å². The van der Waals surface area contributed by atoms with Crippen LogP contribution >= 0.6 is 24.8 Å². The molecule has 1 aromatic carbocycles. The number of nitrogens with two attached hydrogens (primary N) is 1. The molecule has 1 aliphatic carbocycles. The Morgan fingerprint density at radius 2 is 1.57 bits per heavy atom. The first-order chi connectivity index (χ1) is 10.2. The maximum atomic E-state index is 6.19. The lowest BCUT2D eigenvalue weighted by Gasteiger charge is -2.45. The lowest BCUT2D eigenvalue weighted by molar-refractivity contribution is 0.0757. The van der Waals surface area contributed by atoms with E-state index >= 15 is 0 Å². The van der Waals surface area contributed by atoms with Crippen molar-refractivity contribution in [3.8, 4) is 0 Å². The molecule has 0 bridgehead atoms. The van der Waals surface area contributed by atoms with Crippen molar-refractivity contribution in [1.82, 2.24) is 9.80 Å². The van der Waals surface area contributed by atoms with Gasteiger partial charge in [0.25, 0.3) is 0 Å². The number of nitrogens with zero attached hydrogens (tertiary/aromatic N) is 2. The molecule has 5 heteroatoms. The molecule has 0 unspecified atom stereocenters. The van der Waals surface area contributed by atoms with Gasteiger partial charge in [0.15, 0.2) is 0 Å². The van der Waals surface area contributed by atoms with Crippen LogP contribution in [-0.4, -0.2) is 55.6 Å². The average molecular weight is 360 g/mol. The third-order valence-corrected chi connectivity index (χ3v) is 5.74. The van der Waals surface area contributed by atoms with Crippen LogP contribution in [-0.2, 0) is 5.41 Å². The zero-order valence-corrected chi connectivity index (χ0v) is 15.7. The number of halogens is 2. The van der Waals surface area contributed by atoms with Crippen LogP contribution in [0, 0.1) is 0 Å². The van der Waals surface area contributed by atoms with Gasteiger partial charge in [-0.3, -0.25) is 4.90 Å². The predicted molar refractivity (Wildman–Crippen MR) is 103 cm³/mol. The van der Waals surface area contributed by atoms with Crippen LogP contribution < -0.4 is 5.73 Å². The number of rotatable bonds is 3. The van der Waals surface area contributed by atoms with E-state index in [1.165, 1.54) is 57.4 Å². The number of benzene rings is 1. The van der Waals surface area contributed by atoms with Gasteiger partial charge in [0.05, 0.1) is 0 Å². The van der Waals surface area contributed by atoms with Crippen LogP contribution in [0.2, 0.25) is 0 Å². The normalized spacial score (nSPS) is 29.4. The van der Waals surface area contributed by atoms with Gasteiger partial charge in [-0.15, -0.1) is 24.8 Å². The van der Waals surface area contributed by atoms with E-state index in [0.717, 1.165) is 12.6 Å². The van der Waals surface area contributed by atoms with Gasteiger partial charge in [-0.05, 0) is 38.3 Å². The lowest BCUT2D eigenvalue weighted by atomic mass is 9.68. The average Bonchev–Trinajstić information content (AvgIpc) is 2.56. The molecule has 2 N–H and O–H groups in total. The Morgan fingerprint density at radius 1 is 1.00 bits per heavy atom. The van der Waals surface area contributed by atoms with Gasteiger partial charge in [-0.1, -0.05) is 30.3 Å². The molecule has 1 heterocycles.